The van der Waals surface area contributed by atoms with E-state index in [2.05, 4.69) is 57.4 Å². The van der Waals surface area contributed by atoms with Gasteiger partial charge >= 0.3 is 29.6 Å². The minimum atomic E-state index is -0.482. The van der Waals surface area contributed by atoms with Gasteiger partial charge in [-0.25, -0.2) is 0 Å². The second-order valence-electron chi connectivity index (χ2n) is 10.3. The van der Waals surface area contributed by atoms with Crippen LogP contribution in [0.3, 0.4) is 0 Å². The van der Waals surface area contributed by atoms with E-state index in [0.717, 1.165) is 41.1 Å². The van der Waals surface area contributed by atoms with Gasteiger partial charge in [0.1, 0.15) is 0 Å². The summed E-state index contributed by atoms with van der Waals surface area (Å²) in [5.74, 6) is 14.5. The molecule has 56 heavy (non-hydrogen) atoms. The van der Waals surface area contributed by atoms with Gasteiger partial charge in [-0.15, -0.1) is 34.8 Å². The van der Waals surface area contributed by atoms with Crippen molar-refractivity contribution in [2.24, 2.45) is 0 Å². The molecule has 0 amide bonds. The van der Waals surface area contributed by atoms with Crippen molar-refractivity contribution >= 4 is 195 Å². The summed E-state index contributed by atoms with van der Waals surface area (Å²) in [6.45, 7) is 4.21. The maximum Gasteiger partial charge on any atom is 1.00 e. The summed E-state index contributed by atoms with van der Waals surface area (Å²) in [6, 6.07) is 0. The molecule has 1 heterocycles. The van der Waals surface area contributed by atoms with Gasteiger partial charge in [-0.05, 0) is 11.5 Å². The second-order valence-corrected chi connectivity index (χ2v) is 21.2. The summed E-state index contributed by atoms with van der Waals surface area (Å²) in [5, 5.41) is 63.0. The van der Waals surface area contributed by atoms with E-state index in [1.165, 1.54) is 58.6 Å². The van der Waals surface area contributed by atoms with E-state index in [1.54, 1.807) is 0 Å². The van der Waals surface area contributed by atoms with Crippen LogP contribution in [0.2, 0.25) is 0 Å². The van der Waals surface area contributed by atoms with E-state index in [9.17, 15) is 10.2 Å². The van der Waals surface area contributed by atoms with E-state index >= 15 is 0 Å². The Labute approximate surface area is 443 Å². The summed E-state index contributed by atoms with van der Waals surface area (Å²) < 4.78 is 4.73. The molecule has 0 aromatic rings. The quantitative estimate of drug-likeness (QED) is 0.00930. The van der Waals surface area contributed by atoms with Crippen molar-refractivity contribution in [3.8, 4) is 0 Å². The fourth-order valence-corrected chi connectivity index (χ4v) is 12.0. The largest absolute Gasteiger partial charge is 1.00 e. The summed E-state index contributed by atoms with van der Waals surface area (Å²) >= 11 is 45.3. The zero-order chi connectivity index (χ0) is 41.0. The number of alkyl halides is 3. The first kappa shape index (κ1) is 76.4. The third-order valence-corrected chi connectivity index (χ3v) is 17.5. The number of halogens is 3. The second kappa shape index (κ2) is 65.4. The third-order valence-electron chi connectivity index (χ3n) is 5.17. The summed E-state index contributed by atoms with van der Waals surface area (Å²) in [7, 11) is 0. The van der Waals surface area contributed by atoms with E-state index in [-0.39, 0.29) is 100 Å². The molecule has 0 aliphatic carbocycles. The van der Waals surface area contributed by atoms with Gasteiger partial charge in [0.25, 0.3) is 0 Å². The van der Waals surface area contributed by atoms with Gasteiger partial charge in [-0.2, -0.15) is 146 Å². The Hall–Kier alpha value is 6.10. The van der Waals surface area contributed by atoms with Crippen molar-refractivity contribution in [3.05, 3.63) is 6.92 Å². The van der Waals surface area contributed by atoms with Gasteiger partial charge in [-0.1, -0.05) is 6.61 Å². The number of aliphatic hydroxyl groups excluding tert-OH is 7. The van der Waals surface area contributed by atoms with Gasteiger partial charge < -0.3 is 60.9 Å². The molecule has 7 atom stereocenters. The molecule has 0 bridgehead atoms. The molecule has 1 aliphatic heterocycles. The van der Waals surface area contributed by atoms with Crippen molar-refractivity contribution in [1.82, 2.24) is 0 Å². The van der Waals surface area contributed by atoms with Crippen LogP contribution in [-0.4, -0.2) is 213 Å². The molecule has 0 aromatic carbocycles. The average Bonchev–Trinajstić information content (AvgIpc) is 4.01. The number of hydrogen-bond donors (Lipinski definition) is 11. The van der Waals surface area contributed by atoms with E-state index in [4.69, 9.17) is 65.1 Å². The molecule has 7 unspecified atom stereocenters. The predicted molar refractivity (Wildman–Crippen MR) is 286 cm³/mol. The minimum absolute atomic E-state index is 0. The van der Waals surface area contributed by atoms with Crippen LogP contribution in [0.4, 0.5) is 0 Å². The number of epoxide rings is 1. The normalized spacial score (nSPS) is 15.6. The van der Waals surface area contributed by atoms with Crippen LogP contribution >= 0.6 is 181 Å². The summed E-state index contributed by atoms with van der Waals surface area (Å²) in [5.41, 5.74) is 0. The van der Waals surface area contributed by atoms with Gasteiger partial charge in [0.15, 0.2) is 0 Å². The zero-order valence-corrected chi connectivity index (χ0v) is 47.7. The molecule has 0 aromatic heterocycles. The molecular weight excluding hydrogens is 1050 g/mol. The van der Waals surface area contributed by atoms with Crippen LogP contribution in [0, 0.1) is 6.92 Å². The number of thioether (sulfide) groups is 7. The molecule has 7 N–H and O–H groups in total. The third kappa shape index (κ3) is 69.1. The molecule has 1 saturated heterocycles. The number of thiol groups is 5. The Morgan fingerprint density at radius 3 is 1.12 bits per heavy atom. The maximum absolute atomic E-state index is 9.56. The van der Waals surface area contributed by atoms with Crippen molar-refractivity contribution in [3.63, 3.8) is 0 Å². The first-order chi connectivity index (χ1) is 25.5. The molecule has 1 fully saturated rings. The molecular formula is C31H69Cl3NaO8S13-. The van der Waals surface area contributed by atoms with Crippen molar-refractivity contribution in [2.75, 3.05) is 136 Å². The van der Waals surface area contributed by atoms with Crippen LogP contribution < -0.4 is 29.6 Å². The molecule has 0 radical (unpaired) electrons. The van der Waals surface area contributed by atoms with Gasteiger partial charge in [-0.3, -0.25) is 0 Å². The molecule has 1 aliphatic rings. The monoisotopic (exact) mass is 1110 g/mol. The molecule has 1 rings (SSSR count). The number of rotatable bonds is 31. The van der Waals surface area contributed by atoms with Crippen molar-refractivity contribution in [1.29, 1.82) is 0 Å². The summed E-state index contributed by atoms with van der Waals surface area (Å²) in [4.78, 5) is 0. The van der Waals surface area contributed by atoms with E-state index < -0.39 is 12.2 Å². The smallest absolute Gasteiger partial charge is 0.813 e. The van der Waals surface area contributed by atoms with Crippen LogP contribution in [0.15, 0.2) is 0 Å². The summed E-state index contributed by atoms with van der Waals surface area (Å²) in [6.07, 6.45) is -1.33. The number of aliphatic hydroxyl groups is 7. The van der Waals surface area contributed by atoms with Crippen LogP contribution in [0.25, 0.3) is 0 Å². The minimum Gasteiger partial charge on any atom is -0.813 e. The van der Waals surface area contributed by atoms with E-state index in [1.807, 2.05) is 35.3 Å². The number of ether oxygens (including phenoxy) is 1. The fourth-order valence-electron chi connectivity index (χ4n) is 2.67. The molecule has 8 nitrogen and oxygen atoms in total. The SMILES string of the molecule is ClCC1CO1.OC(CCl)CSCC(O)CCl.OCCSCC(O)CSCC(O)CSCCO.S.SCCSC(CS)CSCC(CS)SCCS.[CH2-]CO.[Na+].[SH-]. The van der Waals surface area contributed by atoms with Crippen LogP contribution in [0.1, 0.15) is 0 Å². The average molecular weight is 1120 g/mol. The standard InChI is InChI=1S/C10H22O4S3.C10H22S7.C6H12Cl2O2S.C3H5ClO.C2H5O.Na.2H2S/c11-1-3-15-5-9(13)7-17-8-10(14)6-16-4-2-12;11-1-3-16-9(5-13)7-15-8-10(6-14)17-4-2-12;7-1-5(9)3-11-4-6(10)2-8;4-1-3-2-5-3;1-2-3;;;/h2*9-14H,1-8H2;5-6,9-10H,1-4H2;3H,1-2H2;3H,1-2H2;;2*1H2/q;;;;-1;+1;;/p-1. The van der Waals surface area contributed by atoms with E-state index in [0.29, 0.717) is 68.5 Å². The van der Waals surface area contributed by atoms with Gasteiger partial charge in [0, 0.05) is 103 Å². The Morgan fingerprint density at radius 2 is 0.893 bits per heavy atom. The fraction of sp³-hybridized carbons (Fsp3) is 0.968. The molecule has 0 saturated carbocycles. The van der Waals surface area contributed by atoms with Crippen molar-refractivity contribution < 1.29 is 70.0 Å². The Kier molecular flexibility index (Phi) is 89.1. The predicted octanol–water partition coefficient (Wildman–Crippen LogP) is 1.74. The maximum atomic E-state index is 9.56. The first-order valence-corrected chi connectivity index (χ1v) is 28.7. The Balaban J connectivity index is -0.000000115. The van der Waals surface area contributed by atoms with Crippen LogP contribution in [0.5, 0.6) is 0 Å². The first-order valence-electron chi connectivity index (χ1n) is 16.7. The van der Waals surface area contributed by atoms with Crippen LogP contribution in [-0.2, 0) is 18.2 Å². The van der Waals surface area contributed by atoms with Gasteiger partial charge in [0.05, 0.1) is 56.2 Å². The van der Waals surface area contributed by atoms with Crippen molar-refractivity contribution in [2.45, 2.75) is 41.0 Å². The topological polar surface area (TPSA) is 154 Å². The molecule has 0 spiro atoms. The Bertz CT molecular complexity index is 642. The number of hydrogen-bond acceptors (Lipinski definition) is 20. The Morgan fingerprint density at radius 1 is 0.589 bits per heavy atom. The molecule has 342 valence electrons. The zero-order valence-electron chi connectivity index (χ0n) is 32.3. The van der Waals surface area contributed by atoms with Gasteiger partial charge in [0.2, 0.25) is 0 Å². The molecule has 25 heteroatoms.